The zero-order valence-electron chi connectivity index (χ0n) is 13.2. The van der Waals surface area contributed by atoms with Crippen molar-refractivity contribution in [1.82, 2.24) is 20.0 Å². The second kappa shape index (κ2) is 6.46. The number of nitrogens with one attached hydrogen (secondary N) is 1. The van der Waals surface area contributed by atoms with E-state index >= 15 is 0 Å². The largest absolute Gasteiger partial charge is 0.310 e. The van der Waals surface area contributed by atoms with E-state index in [0.29, 0.717) is 0 Å². The molecule has 1 saturated heterocycles. The number of aromatic nitrogens is 2. The van der Waals surface area contributed by atoms with Gasteiger partial charge in [0.1, 0.15) is 5.15 Å². The molecule has 2 rings (SSSR count). The van der Waals surface area contributed by atoms with E-state index in [1.165, 1.54) is 24.8 Å². The Morgan fingerprint density at radius 1 is 1.35 bits per heavy atom. The maximum Gasteiger partial charge on any atom is 0.131 e. The summed E-state index contributed by atoms with van der Waals surface area (Å²) in [6.45, 7) is 10.8. The van der Waals surface area contributed by atoms with Crippen LogP contribution >= 0.6 is 11.6 Å². The van der Waals surface area contributed by atoms with Crippen molar-refractivity contribution in [1.29, 1.82) is 0 Å². The lowest BCUT2D eigenvalue weighted by Gasteiger charge is -2.35. The lowest BCUT2D eigenvalue weighted by atomic mass is 9.92. The molecule has 0 aliphatic carbocycles. The van der Waals surface area contributed by atoms with Gasteiger partial charge in [0.2, 0.25) is 0 Å². The van der Waals surface area contributed by atoms with E-state index in [9.17, 15) is 0 Å². The molecule has 0 unspecified atom stereocenters. The van der Waals surface area contributed by atoms with Crippen LogP contribution in [-0.2, 0) is 13.6 Å². The van der Waals surface area contributed by atoms with Gasteiger partial charge in [-0.05, 0) is 39.3 Å². The summed E-state index contributed by atoms with van der Waals surface area (Å²) >= 11 is 6.37. The molecule has 0 saturated carbocycles. The molecule has 1 aliphatic rings. The van der Waals surface area contributed by atoms with Crippen molar-refractivity contribution in [3.63, 3.8) is 0 Å². The zero-order valence-corrected chi connectivity index (χ0v) is 13.9. The van der Waals surface area contributed by atoms with Crippen LogP contribution in [0.2, 0.25) is 5.15 Å². The predicted octanol–water partition coefficient (Wildman–Crippen LogP) is 2.74. The number of hydrogen-bond donors (Lipinski definition) is 1. The minimum absolute atomic E-state index is 0.249. The SMILES string of the molecule is CCC1(CC)CN(Cc2c(C)nn(C)c2Cl)CCCN1. The minimum Gasteiger partial charge on any atom is -0.310 e. The molecule has 2 heterocycles. The number of halogens is 1. The maximum atomic E-state index is 6.37. The second-order valence-corrected chi connectivity index (χ2v) is 6.31. The van der Waals surface area contributed by atoms with Gasteiger partial charge in [0, 0.05) is 31.2 Å². The standard InChI is InChI=1S/C15H27ClN4/c1-5-15(6-2)11-20(9-7-8-17-15)10-13-12(3)18-19(4)14(13)16/h17H,5-11H2,1-4H3. The Morgan fingerprint density at radius 2 is 2.05 bits per heavy atom. The van der Waals surface area contributed by atoms with E-state index in [4.69, 9.17) is 11.6 Å². The van der Waals surface area contributed by atoms with E-state index in [1.54, 1.807) is 4.68 Å². The van der Waals surface area contributed by atoms with Crippen molar-refractivity contribution in [2.75, 3.05) is 19.6 Å². The number of aryl methyl sites for hydroxylation is 2. The molecule has 0 aromatic carbocycles. The van der Waals surface area contributed by atoms with Crippen LogP contribution in [0.3, 0.4) is 0 Å². The summed E-state index contributed by atoms with van der Waals surface area (Å²) in [5.41, 5.74) is 2.48. The van der Waals surface area contributed by atoms with Gasteiger partial charge in [0.05, 0.1) is 5.69 Å². The lowest BCUT2D eigenvalue weighted by molar-refractivity contribution is 0.191. The molecule has 0 amide bonds. The normalized spacial score (nSPS) is 20.1. The van der Waals surface area contributed by atoms with Gasteiger partial charge in [0.15, 0.2) is 0 Å². The molecule has 1 aliphatic heterocycles. The first-order chi connectivity index (χ1) is 9.51. The van der Waals surface area contributed by atoms with Crippen molar-refractivity contribution in [3.05, 3.63) is 16.4 Å². The average Bonchev–Trinajstić information content (AvgIpc) is 2.63. The average molecular weight is 299 g/mol. The van der Waals surface area contributed by atoms with Crippen LogP contribution in [0.5, 0.6) is 0 Å². The van der Waals surface area contributed by atoms with Crippen LogP contribution in [-0.4, -0.2) is 39.9 Å². The van der Waals surface area contributed by atoms with Gasteiger partial charge in [-0.1, -0.05) is 25.4 Å². The molecule has 114 valence electrons. The monoisotopic (exact) mass is 298 g/mol. The molecule has 1 fully saturated rings. The summed E-state index contributed by atoms with van der Waals surface area (Å²) in [7, 11) is 1.91. The third-order valence-electron chi connectivity index (χ3n) is 4.68. The van der Waals surface area contributed by atoms with Gasteiger partial charge >= 0.3 is 0 Å². The number of hydrogen-bond acceptors (Lipinski definition) is 3. The summed E-state index contributed by atoms with van der Waals surface area (Å²) in [5, 5.41) is 8.94. The van der Waals surface area contributed by atoms with Crippen LogP contribution in [0, 0.1) is 6.92 Å². The van der Waals surface area contributed by atoms with Crippen LogP contribution in [0.15, 0.2) is 0 Å². The molecule has 0 bridgehead atoms. The fourth-order valence-corrected chi connectivity index (χ4v) is 3.39. The first kappa shape index (κ1) is 15.8. The van der Waals surface area contributed by atoms with Crippen LogP contribution in [0.1, 0.15) is 44.4 Å². The first-order valence-electron chi connectivity index (χ1n) is 7.66. The summed E-state index contributed by atoms with van der Waals surface area (Å²) < 4.78 is 1.77. The van der Waals surface area contributed by atoms with Crippen LogP contribution < -0.4 is 5.32 Å². The highest BCUT2D eigenvalue weighted by Crippen LogP contribution is 2.24. The summed E-state index contributed by atoms with van der Waals surface area (Å²) in [4.78, 5) is 2.53. The minimum atomic E-state index is 0.249. The Morgan fingerprint density at radius 3 is 2.60 bits per heavy atom. The van der Waals surface area contributed by atoms with Crippen molar-refractivity contribution < 1.29 is 0 Å². The van der Waals surface area contributed by atoms with Crippen LogP contribution in [0.25, 0.3) is 0 Å². The highest BCUT2D eigenvalue weighted by atomic mass is 35.5. The van der Waals surface area contributed by atoms with Gasteiger partial charge < -0.3 is 5.32 Å². The molecular weight excluding hydrogens is 272 g/mol. The molecular formula is C15H27ClN4. The molecule has 1 N–H and O–H groups in total. The van der Waals surface area contributed by atoms with Gasteiger partial charge in [-0.3, -0.25) is 9.58 Å². The molecule has 0 spiro atoms. The third-order valence-corrected chi connectivity index (χ3v) is 5.16. The first-order valence-corrected chi connectivity index (χ1v) is 8.04. The fraction of sp³-hybridized carbons (Fsp3) is 0.800. The Bertz CT molecular complexity index is 451. The number of nitrogens with zero attached hydrogens (tertiary/aromatic N) is 3. The molecule has 1 aromatic heterocycles. The highest BCUT2D eigenvalue weighted by Gasteiger charge is 2.30. The van der Waals surface area contributed by atoms with Crippen LogP contribution in [0.4, 0.5) is 0 Å². The van der Waals surface area contributed by atoms with E-state index in [-0.39, 0.29) is 5.54 Å². The quantitative estimate of drug-likeness (QED) is 0.928. The van der Waals surface area contributed by atoms with Crippen molar-refractivity contribution >= 4 is 11.6 Å². The van der Waals surface area contributed by atoms with E-state index in [2.05, 4.69) is 29.2 Å². The van der Waals surface area contributed by atoms with Gasteiger partial charge in [-0.25, -0.2) is 0 Å². The molecule has 20 heavy (non-hydrogen) atoms. The Labute approximate surface area is 127 Å². The molecule has 5 heteroatoms. The van der Waals surface area contributed by atoms with Crippen molar-refractivity contribution in [3.8, 4) is 0 Å². The van der Waals surface area contributed by atoms with Gasteiger partial charge in [0.25, 0.3) is 0 Å². The Kier molecular flexibility index (Phi) is 5.10. The summed E-state index contributed by atoms with van der Waals surface area (Å²) in [6.07, 6.45) is 3.53. The van der Waals surface area contributed by atoms with E-state index in [0.717, 1.165) is 37.0 Å². The molecule has 4 nitrogen and oxygen atoms in total. The fourth-order valence-electron chi connectivity index (χ4n) is 3.15. The van der Waals surface area contributed by atoms with E-state index in [1.807, 2.05) is 14.0 Å². The highest BCUT2D eigenvalue weighted by molar-refractivity contribution is 6.30. The smallest absolute Gasteiger partial charge is 0.131 e. The number of rotatable bonds is 4. The van der Waals surface area contributed by atoms with E-state index < -0.39 is 0 Å². The maximum absolute atomic E-state index is 6.37. The van der Waals surface area contributed by atoms with Crippen molar-refractivity contribution in [2.24, 2.45) is 7.05 Å². The lowest BCUT2D eigenvalue weighted by Crippen LogP contribution is -2.50. The summed E-state index contributed by atoms with van der Waals surface area (Å²) in [5.74, 6) is 0. The third kappa shape index (κ3) is 3.18. The molecule has 1 aromatic rings. The predicted molar refractivity (Wildman–Crippen MR) is 84.2 cm³/mol. The van der Waals surface area contributed by atoms with Gasteiger partial charge in [-0.2, -0.15) is 5.10 Å². The zero-order chi connectivity index (χ0) is 14.8. The Balaban J connectivity index is 2.15. The Hall–Kier alpha value is -0.580. The second-order valence-electron chi connectivity index (χ2n) is 5.96. The molecule has 0 radical (unpaired) electrons. The topological polar surface area (TPSA) is 33.1 Å². The van der Waals surface area contributed by atoms with Gasteiger partial charge in [-0.15, -0.1) is 0 Å². The molecule has 0 atom stereocenters. The summed E-state index contributed by atoms with van der Waals surface area (Å²) in [6, 6.07) is 0. The van der Waals surface area contributed by atoms with Crippen molar-refractivity contribution in [2.45, 2.75) is 52.1 Å².